The average molecular weight is 479 g/mol. The molecule has 1 aliphatic rings. The average Bonchev–Trinajstić information content (AvgIpc) is 2.75. The van der Waals surface area contributed by atoms with Crippen LogP contribution in [0, 0.1) is 0 Å². The number of carbonyl (C=O) groups excluding carboxylic acids is 3. The summed E-state index contributed by atoms with van der Waals surface area (Å²) < 4.78 is 77.2. The highest BCUT2D eigenvalue weighted by atomic mass is 19.4. The van der Waals surface area contributed by atoms with Crippen LogP contribution in [-0.2, 0) is 21.9 Å². The summed E-state index contributed by atoms with van der Waals surface area (Å²) in [5.41, 5.74) is 0.639. The summed E-state index contributed by atoms with van der Waals surface area (Å²) in [5.74, 6) is -2.61. The van der Waals surface area contributed by atoms with Gasteiger partial charge in [0.05, 0.1) is 11.1 Å². The fourth-order valence-electron chi connectivity index (χ4n) is 3.16. The zero-order valence-corrected chi connectivity index (χ0v) is 17.5. The van der Waals surface area contributed by atoms with Crippen LogP contribution in [-0.4, -0.2) is 24.3 Å². The van der Waals surface area contributed by atoms with Crippen molar-refractivity contribution in [1.29, 1.82) is 0 Å². The minimum Gasteiger partial charge on any atom is -0.356 e. The monoisotopic (exact) mass is 479 g/mol. The Bertz CT molecular complexity index is 877. The zero-order chi connectivity index (χ0) is 24.6. The number of alkyl halides is 6. The lowest BCUT2D eigenvalue weighted by Crippen LogP contribution is -2.42. The second-order valence-corrected chi connectivity index (χ2v) is 7.50. The van der Waals surface area contributed by atoms with Gasteiger partial charge in [-0.25, -0.2) is 0 Å². The van der Waals surface area contributed by atoms with Crippen molar-refractivity contribution in [3.63, 3.8) is 0 Å². The highest BCUT2D eigenvalue weighted by Gasteiger charge is 2.37. The van der Waals surface area contributed by atoms with Crippen molar-refractivity contribution in [2.45, 2.75) is 57.3 Å². The van der Waals surface area contributed by atoms with Crippen molar-refractivity contribution in [2.24, 2.45) is 0 Å². The van der Waals surface area contributed by atoms with E-state index in [0.717, 1.165) is 25.7 Å². The van der Waals surface area contributed by atoms with Crippen LogP contribution in [0.15, 0.2) is 29.8 Å². The van der Waals surface area contributed by atoms with Crippen LogP contribution in [0.4, 0.5) is 26.3 Å². The summed E-state index contributed by atoms with van der Waals surface area (Å²) >= 11 is 0. The molecule has 33 heavy (non-hydrogen) atoms. The molecule has 0 aromatic heterocycles. The Labute approximate surface area is 185 Å². The molecule has 6 nitrogen and oxygen atoms in total. The molecule has 0 unspecified atom stereocenters. The Balaban J connectivity index is 1.83. The van der Waals surface area contributed by atoms with Gasteiger partial charge in [0, 0.05) is 24.9 Å². The van der Waals surface area contributed by atoms with E-state index in [9.17, 15) is 40.7 Å². The third-order valence-electron chi connectivity index (χ3n) is 4.90. The summed E-state index contributed by atoms with van der Waals surface area (Å²) in [4.78, 5) is 35.6. The Morgan fingerprint density at radius 1 is 0.818 bits per heavy atom. The van der Waals surface area contributed by atoms with Gasteiger partial charge in [-0.05, 0) is 50.3 Å². The maximum Gasteiger partial charge on any atom is 0.416 e. The van der Waals surface area contributed by atoms with Gasteiger partial charge in [-0.3, -0.25) is 25.2 Å². The number of nitrogens with one attached hydrogen (secondary N) is 3. The van der Waals surface area contributed by atoms with Gasteiger partial charge in [0.15, 0.2) is 0 Å². The number of benzene rings is 1. The maximum atomic E-state index is 12.9. The standard InChI is InChI=1S/C21H23F6N3O3/c22-20(23,24)15-10-14(11-16(12-15)21(25,26)27)19(33)30-29-18(32)7-6-17(31)28-9-8-13-4-2-1-3-5-13/h4,10-12H,1-3,5-9H2,(H,28,31)(H,29,32)(H,30,33). The molecule has 2 rings (SSSR count). The summed E-state index contributed by atoms with van der Waals surface area (Å²) in [5, 5.41) is 2.66. The number of hydrogen-bond donors (Lipinski definition) is 3. The molecule has 3 amide bonds. The van der Waals surface area contributed by atoms with Gasteiger partial charge in [-0.1, -0.05) is 11.6 Å². The van der Waals surface area contributed by atoms with E-state index in [1.807, 2.05) is 5.43 Å². The molecule has 1 aromatic carbocycles. The van der Waals surface area contributed by atoms with Crippen LogP contribution in [0.1, 0.15) is 66.4 Å². The van der Waals surface area contributed by atoms with Crippen molar-refractivity contribution >= 4 is 17.7 Å². The van der Waals surface area contributed by atoms with Crippen molar-refractivity contribution in [3.8, 4) is 0 Å². The van der Waals surface area contributed by atoms with Gasteiger partial charge in [0.1, 0.15) is 0 Å². The van der Waals surface area contributed by atoms with E-state index in [2.05, 4.69) is 11.4 Å². The quantitative estimate of drug-likeness (QED) is 0.310. The van der Waals surface area contributed by atoms with E-state index in [-0.39, 0.29) is 31.0 Å². The largest absolute Gasteiger partial charge is 0.416 e. The summed E-state index contributed by atoms with van der Waals surface area (Å²) in [6, 6.07) is 0.372. The predicted octanol–water partition coefficient (Wildman–Crippen LogP) is 4.27. The lowest BCUT2D eigenvalue weighted by molar-refractivity contribution is -0.143. The van der Waals surface area contributed by atoms with Crippen LogP contribution >= 0.6 is 0 Å². The van der Waals surface area contributed by atoms with Crippen LogP contribution in [0.2, 0.25) is 0 Å². The number of amides is 3. The van der Waals surface area contributed by atoms with Gasteiger partial charge in [0.2, 0.25) is 11.8 Å². The van der Waals surface area contributed by atoms with E-state index in [1.165, 1.54) is 5.57 Å². The second-order valence-electron chi connectivity index (χ2n) is 7.50. The Morgan fingerprint density at radius 2 is 1.42 bits per heavy atom. The van der Waals surface area contributed by atoms with Crippen molar-refractivity contribution in [3.05, 3.63) is 46.5 Å². The first kappa shape index (κ1) is 26.2. The van der Waals surface area contributed by atoms with Gasteiger partial charge < -0.3 is 5.32 Å². The van der Waals surface area contributed by atoms with E-state index in [1.54, 1.807) is 5.43 Å². The first-order valence-corrected chi connectivity index (χ1v) is 10.2. The molecule has 3 N–H and O–H groups in total. The molecule has 0 saturated heterocycles. The van der Waals surface area contributed by atoms with Crippen LogP contribution in [0.25, 0.3) is 0 Å². The predicted molar refractivity (Wildman–Crippen MR) is 105 cm³/mol. The number of halogens is 6. The SMILES string of the molecule is O=C(CCC(=O)NNC(=O)c1cc(C(F)(F)F)cc(C(F)(F)F)c1)NCCC1=CCCCC1. The van der Waals surface area contributed by atoms with Crippen molar-refractivity contribution in [2.75, 3.05) is 6.54 Å². The van der Waals surface area contributed by atoms with Gasteiger partial charge in [-0.15, -0.1) is 0 Å². The Morgan fingerprint density at radius 3 is 1.97 bits per heavy atom. The third-order valence-corrected chi connectivity index (χ3v) is 4.90. The van der Waals surface area contributed by atoms with Gasteiger partial charge >= 0.3 is 12.4 Å². The fraction of sp³-hybridized carbons (Fsp3) is 0.476. The summed E-state index contributed by atoms with van der Waals surface area (Å²) in [6.45, 7) is 0.417. The molecular formula is C21H23F6N3O3. The number of hydrazine groups is 1. The van der Waals surface area contributed by atoms with E-state index in [0.29, 0.717) is 13.0 Å². The molecular weight excluding hydrogens is 456 g/mol. The molecule has 0 bridgehead atoms. The summed E-state index contributed by atoms with van der Waals surface area (Å²) in [6.07, 6.45) is -3.63. The van der Waals surface area contributed by atoms with Gasteiger partial charge in [0.25, 0.3) is 5.91 Å². The maximum absolute atomic E-state index is 12.9. The normalized spacial score (nSPS) is 14.3. The highest BCUT2D eigenvalue weighted by Crippen LogP contribution is 2.36. The fourth-order valence-corrected chi connectivity index (χ4v) is 3.16. The summed E-state index contributed by atoms with van der Waals surface area (Å²) in [7, 11) is 0. The smallest absolute Gasteiger partial charge is 0.356 e. The van der Waals surface area contributed by atoms with Crippen molar-refractivity contribution in [1.82, 2.24) is 16.2 Å². The molecule has 1 aliphatic carbocycles. The number of hydrogen-bond acceptors (Lipinski definition) is 3. The zero-order valence-electron chi connectivity index (χ0n) is 17.5. The minimum atomic E-state index is -5.11. The molecule has 0 atom stereocenters. The van der Waals surface area contributed by atoms with Crippen LogP contribution in [0.5, 0.6) is 0 Å². The Kier molecular flexibility index (Phi) is 8.89. The topological polar surface area (TPSA) is 87.3 Å². The van der Waals surface area contributed by atoms with Crippen LogP contribution < -0.4 is 16.2 Å². The molecule has 0 saturated carbocycles. The first-order chi connectivity index (χ1) is 15.4. The lowest BCUT2D eigenvalue weighted by Gasteiger charge is -2.14. The molecule has 12 heteroatoms. The van der Waals surface area contributed by atoms with Crippen LogP contribution in [0.3, 0.4) is 0 Å². The molecule has 1 aromatic rings. The molecule has 0 heterocycles. The van der Waals surface area contributed by atoms with E-state index < -0.39 is 46.8 Å². The molecule has 182 valence electrons. The third kappa shape index (κ3) is 8.78. The van der Waals surface area contributed by atoms with Gasteiger partial charge in [-0.2, -0.15) is 26.3 Å². The minimum absolute atomic E-state index is 0.112. The highest BCUT2D eigenvalue weighted by molar-refractivity contribution is 5.96. The number of rotatable bonds is 7. The van der Waals surface area contributed by atoms with E-state index in [4.69, 9.17) is 0 Å². The van der Waals surface area contributed by atoms with E-state index >= 15 is 0 Å². The molecule has 0 fully saturated rings. The lowest BCUT2D eigenvalue weighted by atomic mass is 9.97. The molecule has 0 aliphatic heterocycles. The number of allylic oxidation sites excluding steroid dienone is 1. The second kappa shape index (κ2) is 11.2. The number of carbonyl (C=O) groups is 3. The van der Waals surface area contributed by atoms with Crippen molar-refractivity contribution < 1.29 is 40.7 Å². The molecule has 0 radical (unpaired) electrons. The first-order valence-electron chi connectivity index (χ1n) is 10.2. The molecule has 0 spiro atoms. The Hall–Kier alpha value is -3.05.